The number of nitrogens with one attached hydrogen (secondary N) is 1. The molecule has 5 aromatic rings. The van der Waals surface area contributed by atoms with Gasteiger partial charge in [-0.2, -0.15) is 4.80 Å². The third kappa shape index (κ3) is 5.72. The summed E-state index contributed by atoms with van der Waals surface area (Å²) in [5.74, 6) is 0.662. The highest BCUT2D eigenvalue weighted by atomic mass is 79.9. The highest BCUT2D eigenvalue weighted by molar-refractivity contribution is 9.10. The normalized spacial score (nSPS) is 14.8. The van der Waals surface area contributed by atoms with Crippen LogP contribution in [0.1, 0.15) is 34.8 Å². The van der Waals surface area contributed by atoms with E-state index in [1.807, 2.05) is 24.3 Å². The van der Waals surface area contributed by atoms with Crippen molar-refractivity contribution in [2.75, 3.05) is 31.5 Å². The molecule has 1 unspecified atom stereocenters. The number of piperazine rings is 1. The number of fused-ring (bicyclic) bond motifs is 1. The average Bonchev–Trinajstić information content (AvgIpc) is 3.60. The highest BCUT2D eigenvalue weighted by Gasteiger charge is 2.31. The predicted octanol–water partition coefficient (Wildman–Crippen LogP) is 3.68. The van der Waals surface area contributed by atoms with E-state index in [1.165, 1.54) is 11.7 Å². The van der Waals surface area contributed by atoms with Crippen LogP contribution in [0.5, 0.6) is 0 Å². The van der Waals surface area contributed by atoms with Gasteiger partial charge in [0.05, 0.1) is 13.1 Å². The Bertz CT molecular complexity index is 1730. The van der Waals surface area contributed by atoms with Crippen LogP contribution in [0.4, 0.5) is 5.69 Å². The summed E-state index contributed by atoms with van der Waals surface area (Å²) in [5, 5.41) is 15.5. The molecule has 1 atom stereocenters. The zero-order valence-electron chi connectivity index (χ0n) is 22.4. The van der Waals surface area contributed by atoms with E-state index in [0.717, 1.165) is 10.0 Å². The molecule has 2 amide bonds. The van der Waals surface area contributed by atoms with Gasteiger partial charge >= 0.3 is 0 Å². The number of carbonyl (C=O) groups excluding carboxylic acids is 2. The molecule has 0 radical (unpaired) electrons. The van der Waals surface area contributed by atoms with E-state index < -0.39 is 0 Å². The monoisotopic (exact) mass is 615 g/mol. The van der Waals surface area contributed by atoms with Crippen molar-refractivity contribution in [3.8, 4) is 11.5 Å². The number of halogens is 1. The SMILES string of the molecule is CC(=O)Nc1ccc2oc(-c3ccnc(C(=O)N4CCN(C(c5ccc(Br)cc5)c5nnn(C)n5)CC4)c3)nc2c1. The van der Waals surface area contributed by atoms with Crippen molar-refractivity contribution < 1.29 is 14.0 Å². The number of tetrazole rings is 1. The van der Waals surface area contributed by atoms with Gasteiger partial charge in [-0.15, -0.1) is 10.2 Å². The minimum absolute atomic E-state index is 0.159. The molecule has 1 fully saturated rings. The van der Waals surface area contributed by atoms with Crippen LogP contribution in [-0.2, 0) is 11.8 Å². The number of rotatable bonds is 6. The summed E-state index contributed by atoms with van der Waals surface area (Å²) < 4.78 is 6.91. The van der Waals surface area contributed by atoms with Crippen molar-refractivity contribution in [1.82, 2.24) is 40.0 Å². The van der Waals surface area contributed by atoms with Crippen LogP contribution in [0.15, 0.2) is 69.7 Å². The molecule has 13 heteroatoms. The van der Waals surface area contributed by atoms with E-state index in [0.29, 0.717) is 65.9 Å². The quantitative estimate of drug-likeness (QED) is 0.303. The van der Waals surface area contributed by atoms with E-state index in [4.69, 9.17) is 4.42 Å². The van der Waals surface area contributed by atoms with Gasteiger partial charge in [-0.1, -0.05) is 28.1 Å². The minimum Gasteiger partial charge on any atom is -0.436 e. The topological polar surface area (TPSA) is 135 Å². The summed E-state index contributed by atoms with van der Waals surface area (Å²) in [6, 6.07) is 16.6. The maximum atomic E-state index is 13.5. The number of pyridine rings is 1. The van der Waals surface area contributed by atoms with Crippen LogP contribution >= 0.6 is 15.9 Å². The van der Waals surface area contributed by atoms with Gasteiger partial charge in [0.25, 0.3) is 5.91 Å². The highest BCUT2D eigenvalue weighted by Crippen LogP contribution is 2.29. The Morgan fingerprint density at radius 2 is 1.80 bits per heavy atom. The summed E-state index contributed by atoms with van der Waals surface area (Å²) in [6.07, 6.45) is 1.58. The third-order valence-electron chi connectivity index (χ3n) is 6.85. The van der Waals surface area contributed by atoms with E-state index >= 15 is 0 Å². The Balaban J connectivity index is 1.18. The Kier molecular flexibility index (Phi) is 7.28. The Hall–Kier alpha value is -4.49. The van der Waals surface area contributed by atoms with Gasteiger partial charge in [0, 0.05) is 55.0 Å². The van der Waals surface area contributed by atoms with E-state index in [9.17, 15) is 9.59 Å². The second-order valence-corrected chi connectivity index (χ2v) is 10.6. The molecule has 1 saturated heterocycles. The fourth-order valence-electron chi connectivity index (χ4n) is 4.93. The van der Waals surface area contributed by atoms with Gasteiger partial charge in [-0.25, -0.2) is 4.98 Å². The van der Waals surface area contributed by atoms with Crippen molar-refractivity contribution in [3.63, 3.8) is 0 Å². The van der Waals surface area contributed by atoms with Crippen LogP contribution in [0.25, 0.3) is 22.6 Å². The van der Waals surface area contributed by atoms with Gasteiger partial charge in [-0.3, -0.25) is 19.5 Å². The summed E-state index contributed by atoms with van der Waals surface area (Å²) in [6.45, 7) is 3.75. The summed E-state index contributed by atoms with van der Waals surface area (Å²) in [5.41, 5.74) is 3.82. The zero-order valence-corrected chi connectivity index (χ0v) is 23.9. The maximum absolute atomic E-state index is 13.5. The number of amides is 2. The molecule has 6 rings (SSSR count). The fraction of sp³-hybridized carbons (Fsp3) is 0.250. The molecule has 0 spiro atoms. The van der Waals surface area contributed by atoms with E-state index in [1.54, 1.807) is 48.5 Å². The first-order chi connectivity index (χ1) is 19.8. The molecule has 0 saturated carbocycles. The first-order valence-corrected chi connectivity index (χ1v) is 13.8. The molecule has 1 N–H and O–H groups in total. The standard InChI is InChI=1S/C28H26BrN9O3/c1-17(39)31-21-7-8-24-22(16-21)32-27(41-24)19-9-10-30-23(15-19)28(40)38-13-11-37(12-14-38)25(26-33-35-36(2)34-26)18-3-5-20(29)6-4-18/h3-10,15-16,25H,11-14H2,1-2H3,(H,31,39). The van der Waals surface area contributed by atoms with Crippen molar-refractivity contribution in [2.45, 2.75) is 13.0 Å². The Morgan fingerprint density at radius 3 is 2.51 bits per heavy atom. The van der Waals surface area contributed by atoms with Crippen LogP contribution in [0, 0.1) is 0 Å². The number of nitrogens with zero attached hydrogens (tertiary/aromatic N) is 8. The molecule has 0 bridgehead atoms. The molecule has 1 aliphatic heterocycles. The second-order valence-electron chi connectivity index (χ2n) is 9.73. The molecular weight excluding hydrogens is 590 g/mol. The van der Waals surface area contributed by atoms with Crippen LogP contribution in [0.2, 0.25) is 0 Å². The second kappa shape index (κ2) is 11.2. The molecule has 3 aromatic heterocycles. The maximum Gasteiger partial charge on any atom is 0.272 e. The van der Waals surface area contributed by atoms with Gasteiger partial charge < -0.3 is 14.6 Å². The van der Waals surface area contributed by atoms with Crippen molar-refractivity contribution >= 4 is 44.5 Å². The average molecular weight is 616 g/mol. The smallest absolute Gasteiger partial charge is 0.272 e. The lowest BCUT2D eigenvalue weighted by Gasteiger charge is -2.38. The van der Waals surface area contributed by atoms with Crippen molar-refractivity contribution in [1.29, 1.82) is 0 Å². The van der Waals surface area contributed by atoms with E-state index in [2.05, 4.69) is 51.5 Å². The third-order valence-corrected chi connectivity index (χ3v) is 7.38. The lowest BCUT2D eigenvalue weighted by molar-refractivity contribution is -0.114. The molecular formula is C28H26BrN9O3. The van der Waals surface area contributed by atoms with Gasteiger partial charge in [0.1, 0.15) is 11.2 Å². The largest absolute Gasteiger partial charge is 0.436 e. The number of aromatic nitrogens is 6. The van der Waals surface area contributed by atoms with Crippen LogP contribution < -0.4 is 5.32 Å². The molecule has 0 aliphatic carbocycles. The number of carbonyl (C=O) groups is 2. The summed E-state index contributed by atoms with van der Waals surface area (Å²) in [4.78, 5) is 39.3. The van der Waals surface area contributed by atoms with Crippen molar-refractivity contribution in [2.24, 2.45) is 7.05 Å². The van der Waals surface area contributed by atoms with Gasteiger partial charge in [-0.05, 0) is 53.2 Å². The number of hydrogen-bond donors (Lipinski definition) is 1. The zero-order chi connectivity index (χ0) is 28.5. The summed E-state index contributed by atoms with van der Waals surface area (Å²) >= 11 is 3.50. The first kappa shape index (κ1) is 26.7. The lowest BCUT2D eigenvalue weighted by atomic mass is 10.0. The summed E-state index contributed by atoms with van der Waals surface area (Å²) in [7, 11) is 1.75. The fourth-order valence-corrected chi connectivity index (χ4v) is 5.20. The molecule has 12 nitrogen and oxygen atoms in total. The predicted molar refractivity (Wildman–Crippen MR) is 154 cm³/mol. The minimum atomic E-state index is -0.180. The lowest BCUT2D eigenvalue weighted by Crippen LogP contribution is -2.50. The van der Waals surface area contributed by atoms with Crippen LogP contribution in [-0.4, -0.2) is 78.0 Å². The first-order valence-electron chi connectivity index (χ1n) is 13.0. The molecule has 1 aliphatic rings. The number of oxazole rings is 1. The van der Waals surface area contributed by atoms with E-state index in [-0.39, 0.29) is 17.9 Å². The van der Waals surface area contributed by atoms with Crippen LogP contribution in [0.3, 0.4) is 0 Å². The number of hydrogen-bond acceptors (Lipinski definition) is 9. The molecule has 41 heavy (non-hydrogen) atoms. The Morgan fingerprint density at radius 1 is 1.02 bits per heavy atom. The molecule has 4 heterocycles. The van der Waals surface area contributed by atoms with Gasteiger partial charge in [0.15, 0.2) is 11.4 Å². The molecule has 2 aromatic carbocycles. The number of aryl methyl sites for hydroxylation is 1. The number of benzene rings is 2. The van der Waals surface area contributed by atoms with Crippen molar-refractivity contribution in [3.05, 3.63) is 82.3 Å². The number of anilines is 1. The molecule has 208 valence electrons. The van der Waals surface area contributed by atoms with Gasteiger partial charge in [0.2, 0.25) is 11.8 Å². The Labute approximate surface area is 243 Å².